The second-order valence-electron chi connectivity index (χ2n) is 4.96. The van der Waals surface area contributed by atoms with E-state index in [1.54, 1.807) is 67.6 Å². The van der Waals surface area contributed by atoms with Crippen LogP contribution in [0.25, 0.3) is 0 Å². The van der Waals surface area contributed by atoms with Gasteiger partial charge in [-0.25, -0.2) is 0 Å². The molecular weight excluding hydrogens is 278 g/mol. The van der Waals surface area contributed by atoms with Crippen molar-refractivity contribution in [3.63, 3.8) is 0 Å². The molecule has 0 fully saturated rings. The molecule has 0 saturated carbocycles. The highest BCUT2D eigenvalue weighted by atomic mass is 16.5. The van der Waals surface area contributed by atoms with Crippen molar-refractivity contribution in [2.24, 2.45) is 0 Å². The number of nitrogens with zero attached hydrogens (tertiary/aromatic N) is 1. The molecule has 0 bridgehead atoms. The van der Waals surface area contributed by atoms with Crippen molar-refractivity contribution in [1.29, 1.82) is 0 Å². The van der Waals surface area contributed by atoms with Crippen molar-refractivity contribution in [3.8, 4) is 5.75 Å². The first-order valence-electron chi connectivity index (χ1n) is 7.11. The number of ether oxygens (including phenoxy) is 1. The fraction of sp³-hybridized carbons (Fsp3) is 0.222. The molecule has 0 aliphatic carbocycles. The monoisotopic (exact) mass is 297 g/mol. The van der Waals surface area contributed by atoms with Crippen LogP contribution in [-0.2, 0) is 0 Å². The molecule has 0 atom stereocenters. The molecule has 114 valence electrons. The second-order valence-corrected chi connectivity index (χ2v) is 4.96. The number of hydrogen-bond donors (Lipinski definition) is 0. The SMILES string of the molecule is CCN(C)C(=O)c1ccc(C(=O)c2cccc(OC)c2)cc1. The molecule has 4 heteroatoms. The zero-order valence-electron chi connectivity index (χ0n) is 13.0. The molecule has 0 aromatic heterocycles. The Morgan fingerprint density at radius 2 is 1.64 bits per heavy atom. The van der Waals surface area contributed by atoms with Crippen molar-refractivity contribution in [2.75, 3.05) is 20.7 Å². The topological polar surface area (TPSA) is 46.6 Å². The summed E-state index contributed by atoms with van der Waals surface area (Å²) in [5, 5.41) is 0. The molecule has 0 radical (unpaired) electrons. The average Bonchev–Trinajstić information content (AvgIpc) is 2.59. The summed E-state index contributed by atoms with van der Waals surface area (Å²) in [6.45, 7) is 2.56. The predicted molar refractivity (Wildman–Crippen MR) is 85.5 cm³/mol. The summed E-state index contributed by atoms with van der Waals surface area (Å²) < 4.78 is 5.13. The molecule has 0 N–H and O–H groups in total. The lowest BCUT2D eigenvalue weighted by molar-refractivity contribution is 0.0802. The molecule has 4 nitrogen and oxygen atoms in total. The molecule has 0 heterocycles. The van der Waals surface area contributed by atoms with Gasteiger partial charge in [0.1, 0.15) is 5.75 Å². The van der Waals surface area contributed by atoms with Gasteiger partial charge in [-0.05, 0) is 31.2 Å². The maximum Gasteiger partial charge on any atom is 0.253 e. The number of carbonyl (C=O) groups excluding carboxylic acids is 2. The van der Waals surface area contributed by atoms with Crippen molar-refractivity contribution in [3.05, 3.63) is 65.2 Å². The number of ketones is 1. The van der Waals surface area contributed by atoms with E-state index in [2.05, 4.69) is 0 Å². The van der Waals surface area contributed by atoms with Gasteiger partial charge in [0.2, 0.25) is 0 Å². The van der Waals surface area contributed by atoms with E-state index < -0.39 is 0 Å². The summed E-state index contributed by atoms with van der Waals surface area (Å²) in [7, 11) is 3.31. The number of benzene rings is 2. The molecular formula is C18H19NO3. The van der Waals surface area contributed by atoms with Gasteiger partial charge in [-0.3, -0.25) is 9.59 Å². The molecule has 2 aromatic rings. The predicted octanol–water partition coefficient (Wildman–Crippen LogP) is 3.02. The molecule has 0 spiro atoms. The van der Waals surface area contributed by atoms with Crippen molar-refractivity contribution >= 4 is 11.7 Å². The van der Waals surface area contributed by atoms with Crippen LogP contribution in [0.1, 0.15) is 33.2 Å². The Labute approximate surface area is 130 Å². The Bertz CT molecular complexity index is 677. The van der Waals surface area contributed by atoms with E-state index in [4.69, 9.17) is 4.74 Å². The summed E-state index contributed by atoms with van der Waals surface area (Å²) in [4.78, 5) is 26.1. The zero-order valence-corrected chi connectivity index (χ0v) is 13.0. The van der Waals surface area contributed by atoms with Crippen LogP contribution < -0.4 is 4.74 Å². The van der Waals surface area contributed by atoms with Crippen LogP contribution in [0.15, 0.2) is 48.5 Å². The van der Waals surface area contributed by atoms with Crippen LogP contribution in [0.2, 0.25) is 0 Å². The summed E-state index contributed by atoms with van der Waals surface area (Å²) in [5.41, 5.74) is 1.68. The minimum Gasteiger partial charge on any atom is -0.497 e. The molecule has 2 rings (SSSR count). The molecule has 0 aliphatic rings. The maximum absolute atomic E-state index is 12.4. The maximum atomic E-state index is 12.4. The lowest BCUT2D eigenvalue weighted by Crippen LogP contribution is -2.26. The van der Waals surface area contributed by atoms with Crippen molar-refractivity contribution in [1.82, 2.24) is 4.90 Å². The van der Waals surface area contributed by atoms with Gasteiger partial charge in [0, 0.05) is 30.3 Å². The quantitative estimate of drug-likeness (QED) is 0.797. The smallest absolute Gasteiger partial charge is 0.253 e. The number of hydrogen-bond acceptors (Lipinski definition) is 3. The van der Waals surface area contributed by atoms with Crippen LogP contribution in [-0.4, -0.2) is 37.3 Å². The van der Waals surface area contributed by atoms with Gasteiger partial charge in [0.25, 0.3) is 5.91 Å². The second kappa shape index (κ2) is 6.89. The van der Waals surface area contributed by atoms with Gasteiger partial charge >= 0.3 is 0 Å². The third kappa shape index (κ3) is 3.34. The van der Waals surface area contributed by atoms with Crippen LogP contribution in [0, 0.1) is 0 Å². The van der Waals surface area contributed by atoms with E-state index in [0.29, 0.717) is 29.0 Å². The Kier molecular flexibility index (Phi) is 4.94. The fourth-order valence-electron chi connectivity index (χ4n) is 2.06. The minimum atomic E-state index is -0.0956. The van der Waals surface area contributed by atoms with E-state index in [9.17, 15) is 9.59 Å². The zero-order chi connectivity index (χ0) is 16.1. The highest BCUT2D eigenvalue weighted by molar-refractivity contribution is 6.09. The van der Waals surface area contributed by atoms with Gasteiger partial charge < -0.3 is 9.64 Å². The molecule has 0 aliphatic heterocycles. The third-order valence-electron chi connectivity index (χ3n) is 3.55. The van der Waals surface area contributed by atoms with Crippen LogP contribution >= 0.6 is 0 Å². The summed E-state index contributed by atoms with van der Waals surface area (Å²) in [6.07, 6.45) is 0. The number of amides is 1. The lowest BCUT2D eigenvalue weighted by Gasteiger charge is -2.14. The molecule has 0 unspecified atom stereocenters. The van der Waals surface area contributed by atoms with Crippen LogP contribution in [0.3, 0.4) is 0 Å². The van der Waals surface area contributed by atoms with Gasteiger partial charge in [-0.15, -0.1) is 0 Å². The molecule has 2 aromatic carbocycles. The molecule has 22 heavy (non-hydrogen) atoms. The highest BCUT2D eigenvalue weighted by Crippen LogP contribution is 2.17. The Morgan fingerprint density at radius 1 is 1.00 bits per heavy atom. The number of carbonyl (C=O) groups is 2. The summed E-state index contributed by atoms with van der Waals surface area (Å²) >= 11 is 0. The van der Waals surface area contributed by atoms with Gasteiger partial charge in [0.05, 0.1) is 7.11 Å². The summed E-state index contributed by atoms with van der Waals surface area (Å²) in [6, 6.07) is 13.7. The number of methoxy groups -OCH3 is 1. The lowest BCUT2D eigenvalue weighted by atomic mass is 10.0. The normalized spacial score (nSPS) is 10.1. The summed E-state index contributed by atoms with van der Waals surface area (Å²) in [5.74, 6) is 0.492. The van der Waals surface area contributed by atoms with E-state index in [0.717, 1.165) is 0 Å². The van der Waals surface area contributed by atoms with Crippen LogP contribution in [0.5, 0.6) is 5.75 Å². The first-order chi connectivity index (χ1) is 10.6. The molecule has 1 amide bonds. The van der Waals surface area contributed by atoms with Crippen molar-refractivity contribution in [2.45, 2.75) is 6.92 Å². The Hall–Kier alpha value is -2.62. The van der Waals surface area contributed by atoms with E-state index in [1.807, 2.05) is 6.92 Å². The van der Waals surface area contributed by atoms with E-state index in [-0.39, 0.29) is 11.7 Å². The van der Waals surface area contributed by atoms with Crippen molar-refractivity contribution < 1.29 is 14.3 Å². The average molecular weight is 297 g/mol. The third-order valence-corrected chi connectivity index (χ3v) is 3.55. The van der Waals surface area contributed by atoms with E-state index in [1.165, 1.54) is 0 Å². The first kappa shape index (κ1) is 15.8. The van der Waals surface area contributed by atoms with Gasteiger partial charge in [0.15, 0.2) is 5.78 Å². The Morgan fingerprint density at radius 3 is 2.23 bits per heavy atom. The molecule has 0 saturated heterocycles. The standard InChI is InChI=1S/C18H19NO3/c1-4-19(2)18(21)14-10-8-13(9-11-14)17(20)15-6-5-7-16(12-15)22-3/h5-12H,4H2,1-3H3. The van der Waals surface area contributed by atoms with Gasteiger partial charge in [-0.2, -0.15) is 0 Å². The van der Waals surface area contributed by atoms with E-state index >= 15 is 0 Å². The number of rotatable bonds is 5. The first-order valence-corrected chi connectivity index (χ1v) is 7.11. The minimum absolute atomic E-state index is 0.0529. The fourth-order valence-corrected chi connectivity index (χ4v) is 2.06. The van der Waals surface area contributed by atoms with Crippen LogP contribution in [0.4, 0.5) is 0 Å². The largest absolute Gasteiger partial charge is 0.497 e. The van der Waals surface area contributed by atoms with Gasteiger partial charge in [-0.1, -0.05) is 24.3 Å². The Balaban J connectivity index is 2.22. The highest BCUT2D eigenvalue weighted by Gasteiger charge is 2.13.